The lowest BCUT2D eigenvalue weighted by atomic mass is 10.2. The minimum Gasteiger partial charge on any atom is -0.494 e. The third kappa shape index (κ3) is 3.07. The van der Waals surface area contributed by atoms with E-state index in [4.69, 9.17) is 4.74 Å². The molecule has 1 aromatic carbocycles. The molecular weight excluding hydrogens is 252 g/mol. The van der Waals surface area contributed by atoms with Gasteiger partial charge in [0.05, 0.1) is 17.6 Å². The Labute approximate surface area is 110 Å². The van der Waals surface area contributed by atoms with E-state index < -0.39 is 0 Å². The number of nitrogens with one attached hydrogen (secondary N) is 1. The second-order valence-electron chi connectivity index (χ2n) is 4.07. The third-order valence-electron chi connectivity index (χ3n) is 2.77. The molecule has 0 aliphatic carbocycles. The van der Waals surface area contributed by atoms with Crippen molar-refractivity contribution in [3.8, 4) is 5.75 Å². The van der Waals surface area contributed by atoms with E-state index in [1.807, 2.05) is 18.7 Å². The zero-order chi connectivity index (χ0) is 13.0. The molecule has 1 heterocycles. The molecule has 1 saturated heterocycles. The number of nitrogens with zero attached hydrogens (tertiary/aromatic N) is 1. The highest BCUT2D eigenvalue weighted by Gasteiger charge is 2.20. The maximum Gasteiger partial charge on any atom is 0.296 e. The van der Waals surface area contributed by atoms with Crippen LogP contribution in [0.4, 0.5) is 11.4 Å². The van der Waals surface area contributed by atoms with Gasteiger partial charge in [0.1, 0.15) is 11.4 Å². The zero-order valence-corrected chi connectivity index (χ0v) is 11.0. The molecule has 1 fully saturated rings. The molecule has 5 nitrogen and oxygen atoms in total. The van der Waals surface area contributed by atoms with Gasteiger partial charge in [0, 0.05) is 11.8 Å². The summed E-state index contributed by atoms with van der Waals surface area (Å²) in [5.74, 6) is 2.66. The summed E-state index contributed by atoms with van der Waals surface area (Å²) in [6, 6.07) is 5.30. The van der Waals surface area contributed by atoms with Gasteiger partial charge >= 0.3 is 0 Å². The Kier molecular flexibility index (Phi) is 4.30. The van der Waals surface area contributed by atoms with Crippen molar-refractivity contribution in [1.82, 2.24) is 0 Å². The van der Waals surface area contributed by atoms with Gasteiger partial charge in [0.15, 0.2) is 0 Å². The number of nitro groups is 1. The summed E-state index contributed by atoms with van der Waals surface area (Å²) >= 11 is 1.87. The molecule has 0 radical (unpaired) electrons. The van der Waals surface area contributed by atoms with Crippen LogP contribution in [0, 0.1) is 10.1 Å². The maximum atomic E-state index is 11.1. The topological polar surface area (TPSA) is 64.4 Å². The van der Waals surface area contributed by atoms with E-state index in [0.717, 1.165) is 17.9 Å². The van der Waals surface area contributed by atoms with E-state index in [9.17, 15) is 10.1 Å². The van der Waals surface area contributed by atoms with Crippen LogP contribution in [0.15, 0.2) is 18.2 Å². The molecule has 98 valence electrons. The summed E-state index contributed by atoms with van der Waals surface area (Å²) in [6.45, 7) is 2.36. The van der Waals surface area contributed by atoms with E-state index in [0.29, 0.717) is 24.1 Å². The molecule has 18 heavy (non-hydrogen) atoms. The number of benzene rings is 1. The minimum absolute atomic E-state index is 0.0813. The van der Waals surface area contributed by atoms with Gasteiger partial charge in [-0.15, -0.1) is 0 Å². The zero-order valence-electron chi connectivity index (χ0n) is 10.2. The molecule has 0 amide bonds. The number of anilines is 1. The van der Waals surface area contributed by atoms with Crippen LogP contribution in [0.5, 0.6) is 5.75 Å². The van der Waals surface area contributed by atoms with Gasteiger partial charge in [0.2, 0.25) is 0 Å². The molecule has 6 heteroatoms. The van der Waals surface area contributed by atoms with Crippen LogP contribution >= 0.6 is 11.8 Å². The summed E-state index contributed by atoms with van der Waals surface area (Å²) in [6.07, 6.45) is 1.05. The summed E-state index contributed by atoms with van der Waals surface area (Å²) in [5.41, 5.74) is 0.661. The van der Waals surface area contributed by atoms with Crippen LogP contribution in [-0.2, 0) is 0 Å². The molecule has 0 bridgehead atoms. The minimum atomic E-state index is -0.368. The highest BCUT2D eigenvalue weighted by molar-refractivity contribution is 7.99. The summed E-state index contributed by atoms with van der Waals surface area (Å²) in [4.78, 5) is 10.7. The first-order valence-electron chi connectivity index (χ1n) is 5.96. The first-order chi connectivity index (χ1) is 8.70. The van der Waals surface area contributed by atoms with Crippen LogP contribution in [0.1, 0.15) is 13.3 Å². The lowest BCUT2D eigenvalue weighted by molar-refractivity contribution is -0.384. The van der Waals surface area contributed by atoms with Crippen molar-refractivity contribution in [2.75, 3.05) is 23.4 Å². The molecule has 0 aromatic heterocycles. The molecular formula is C12H16N2O3S. The van der Waals surface area contributed by atoms with Gasteiger partial charge in [-0.1, -0.05) is 0 Å². The van der Waals surface area contributed by atoms with Crippen LogP contribution in [-0.4, -0.2) is 29.1 Å². The van der Waals surface area contributed by atoms with Crippen molar-refractivity contribution in [3.63, 3.8) is 0 Å². The molecule has 1 aromatic rings. The number of nitro benzene ring substituents is 1. The maximum absolute atomic E-state index is 11.1. The average molecular weight is 268 g/mol. The number of thioether (sulfide) groups is 1. The number of hydrogen-bond donors (Lipinski definition) is 1. The van der Waals surface area contributed by atoms with E-state index in [1.54, 1.807) is 12.1 Å². The van der Waals surface area contributed by atoms with E-state index in [-0.39, 0.29) is 10.6 Å². The molecule has 1 unspecified atom stereocenters. The van der Waals surface area contributed by atoms with Gasteiger partial charge in [-0.2, -0.15) is 11.8 Å². The predicted molar refractivity (Wildman–Crippen MR) is 73.6 cm³/mol. The molecule has 0 saturated carbocycles. The average Bonchev–Trinajstić information content (AvgIpc) is 2.84. The van der Waals surface area contributed by atoms with Gasteiger partial charge in [-0.05, 0) is 31.2 Å². The van der Waals surface area contributed by atoms with Crippen LogP contribution in [0.3, 0.4) is 0 Å². The van der Waals surface area contributed by atoms with E-state index >= 15 is 0 Å². The number of hydrogen-bond acceptors (Lipinski definition) is 5. The summed E-state index contributed by atoms with van der Waals surface area (Å²) in [5, 5.41) is 14.3. The fourth-order valence-electron chi connectivity index (χ4n) is 1.91. The fourth-order valence-corrected chi connectivity index (χ4v) is 3.06. The second kappa shape index (κ2) is 5.95. The first-order valence-corrected chi connectivity index (χ1v) is 7.11. The lowest BCUT2D eigenvalue weighted by Gasteiger charge is -2.13. The predicted octanol–water partition coefficient (Wildman–Crippen LogP) is 2.91. The lowest BCUT2D eigenvalue weighted by Crippen LogP contribution is -2.18. The Morgan fingerprint density at radius 2 is 2.44 bits per heavy atom. The monoisotopic (exact) mass is 268 g/mol. The normalized spacial score (nSPS) is 18.6. The van der Waals surface area contributed by atoms with Crippen molar-refractivity contribution >= 4 is 23.1 Å². The molecule has 2 rings (SSSR count). The number of rotatable bonds is 5. The fraction of sp³-hybridized carbons (Fsp3) is 0.500. The van der Waals surface area contributed by atoms with E-state index in [2.05, 4.69) is 5.32 Å². The molecule has 1 N–H and O–H groups in total. The second-order valence-corrected chi connectivity index (χ2v) is 5.22. The third-order valence-corrected chi connectivity index (χ3v) is 3.93. The van der Waals surface area contributed by atoms with Crippen molar-refractivity contribution in [3.05, 3.63) is 28.3 Å². The van der Waals surface area contributed by atoms with Gasteiger partial charge in [0.25, 0.3) is 5.69 Å². The SMILES string of the molecule is CCOc1ccc(NC2CCSC2)c([N+](=O)[O-])c1. The highest BCUT2D eigenvalue weighted by atomic mass is 32.2. The van der Waals surface area contributed by atoms with Crippen molar-refractivity contribution in [2.45, 2.75) is 19.4 Å². The van der Waals surface area contributed by atoms with Crippen LogP contribution in [0.25, 0.3) is 0 Å². The molecule has 1 atom stereocenters. The Hall–Kier alpha value is -1.43. The molecule has 0 spiro atoms. The Bertz CT molecular complexity index is 433. The Morgan fingerprint density at radius 3 is 3.06 bits per heavy atom. The first kappa shape index (κ1) is 13.0. The number of ether oxygens (including phenoxy) is 1. The van der Waals surface area contributed by atoms with Gasteiger partial charge in [-0.25, -0.2) is 0 Å². The summed E-state index contributed by atoms with van der Waals surface area (Å²) in [7, 11) is 0. The smallest absolute Gasteiger partial charge is 0.296 e. The van der Waals surface area contributed by atoms with Crippen molar-refractivity contribution in [2.24, 2.45) is 0 Å². The standard InChI is InChI=1S/C12H16N2O3S/c1-2-17-10-3-4-11(12(7-10)14(15)16)13-9-5-6-18-8-9/h3-4,7,9,13H,2,5-6,8H2,1H3. The Balaban J connectivity index is 2.19. The largest absolute Gasteiger partial charge is 0.494 e. The quantitative estimate of drug-likeness (QED) is 0.657. The van der Waals surface area contributed by atoms with Gasteiger partial charge in [-0.3, -0.25) is 10.1 Å². The highest BCUT2D eigenvalue weighted by Crippen LogP contribution is 2.31. The van der Waals surface area contributed by atoms with Gasteiger partial charge < -0.3 is 10.1 Å². The Morgan fingerprint density at radius 1 is 1.61 bits per heavy atom. The van der Waals surface area contributed by atoms with Crippen molar-refractivity contribution < 1.29 is 9.66 Å². The van der Waals surface area contributed by atoms with Crippen LogP contribution < -0.4 is 10.1 Å². The summed E-state index contributed by atoms with van der Waals surface area (Å²) < 4.78 is 5.29. The van der Waals surface area contributed by atoms with Crippen LogP contribution in [0.2, 0.25) is 0 Å². The molecule has 1 aliphatic heterocycles. The molecule has 1 aliphatic rings. The van der Waals surface area contributed by atoms with E-state index in [1.165, 1.54) is 6.07 Å². The van der Waals surface area contributed by atoms with Crippen molar-refractivity contribution in [1.29, 1.82) is 0 Å².